The van der Waals surface area contributed by atoms with Crippen LogP contribution in [0.1, 0.15) is 27.2 Å². The standard InChI is InChI=1S/C11H20N2O2/c1-11(2,3)15-10(14)13-9-4-7-5-12-6-8(7)9/h7-9,12H,4-6H2,1-3H3,(H,13,14)/t7-,8+,9-/m1/s1. The van der Waals surface area contributed by atoms with Crippen LogP contribution in [0.3, 0.4) is 0 Å². The fraction of sp³-hybridized carbons (Fsp3) is 0.909. The van der Waals surface area contributed by atoms with E-state index in [0.717, 1.165) is 25.4 Å². The molecule has 0 bridgehead atoms. The Kier molecular flexibility index (Phi) is 2.63. The lowest BCUT2D eigenvalue weighted by Crippen LogP contribution is -2.52. The average Bonchev–Trinajstić information content (AvgIpc) is 2.39. The van der Waals surface area contributed by atoms with Crippen LogP contribution in [-0.2, 0) is 4.74 Å². The molecule has 2 fully saturated rings. The van der Waals surface area contributed by atoms with E-state index < -0.39 is 5.60 Å². The molecule has 1 aliphatic heterocycles. The highest BCUT2D eigenvalue weighted by Crippen LogP contribution is 2.37. The zero-order chi connectivity index (χ0) is 11.1. The summed E-state index contributed by atoms with van der Waals surface area (Å²) in [5.41, 5.74) is -0.402. The molecule has 1 aliphatic carbocycles. The van der Waals surface area contributed by atoms with Gasteiger partial charge < -0.3 is 15.4 Å². The van der Waals surface area contributed by atoms with Crippen LogP contribution in [0.2, 0.25) is 0 Å². The molecule has 0 aromatic rings. The maximum atomic E-state index is 11.5. The molecule has 3 atom stereocenters. The van der Waals surface area contributed by atoms with Crippen molar-refractivity contribution in [2.24, 2.45) is 11.8 Å². The molecule has 1 heterocycles. The van der Waals surface area contributed by atoms with Crippen molar-refractivity contribution in [1.29, 1.82) is 0 Å². The van der Waals surface area contributed by atoms with E-state index in [1.165, 1.54) is 0 Å². The number of amides is 1. The topological polar surface area (TPSA) is 50.4 Å². The molecule has 4 nitrogen and oxygen atoms in total. The molecule has 0 aromatic heterocycles. The van der Waals surface area contributed by atoms with E-state index >= 15 is 0 Å². The van der Waals surface area contributed by atoms with E-state index in [2.05, 4.69) is 10.6 Å². The largest absolute Gasteiger partial charge is 0.444 e. The summed E-state index contributed by atoms with van der Waals surface area (Å²) in [5.74, 6) is 1.39. The Morgan fingerprint density at radius 1 is 1.40 bits per heavy atom. The minimum absolute atomic E-state index is 0.280. The number of carbonyl (C=O) groups excluding carboxylic acids is 1. The van der Waals surface area contributed by atoms with Gasteiger partial charge in [0.05, 0.1) is 0 Å². The van der Waals surface area contributed by atoms with Crippen molar-refractivity contribution in [3.05, 3.63) is 0 Å². The second kappa shape index (κ2) is 3.67. The first-order valence-electron chi connectivity index (χ1n) is 5.66. The lowest BCUT2D eigenvalue weighted by molar-refractivity contribution is 0.0403. The van der Waals surface area contributed by atoms with Crippen molar-refractivity contribution in [3.63, 3.8) is 0 Å². The number of hydrogen-bond acceptors (Lipinski definition) is 3. The van der Waals surface area contributed by atoms with Crippen molar-refractivity contribution in [2.75, 3.05) is 13.1 Å². The fourth-order valence-corrected chi connectivity index (χ4v) is 2.41. The molecule has 0 spiro atoms. The summed E-state index contributed by atoms with van der Waals surface area (Å²) in [6.07, 6.45) is 0.814. The van der Waals surface area contributed by atoms with Crippen molar-refractivity contribution in [1.82, 2.24) is 10.6 Å². The summed E-state index contributed by atoms with van der Waals surface area (Å²) >= 11 is 0. The van der Waals surface area contributed by atoms with E-state index in [4.69, 9.17) is 4.74 Å². The van der Waals surface area contributed by atoms with E-state index in [9.17, 15) is 4.79 Å². The quantitative estimate of drug-likeness (QED) is 0.685. The van der Waals surface area contributed by atoms with Crippen molar-refractivity contribution in [3.8, 4) is 0 Å². The first-order chi connectivity index (χ1) is 6.96. The molecule has 15 heavy (non-hydrogen) atoms. The third kappa shape index (κ3) is 2.43. The maximum absolute atomic E-state index is 11.5. The first kappa shape index (κ1) is 10.7. The van der Waals surface area contributed by atoms with Crippen LogP contribution in [0.25, 0.3) is 0 Å². The van der Waals surface area contributed by atoms with Crippen LogP contribution in [-0.4, -0.2) is 30.8 Å². The van der Waals surface area contributed by atoms with E-state index in [1.54, 1.807) is 0 Å². The number of nitrogens with one attached hydrogen (secondary N) is 2. The van der Waals surface area contributed by atoms with Crippen molar-refractivity contribution >= 4 is 6.09 Å². The minimum Gasteiger partial charge on any atom is -0.444 e. The highest BCUT2D eigenvalue weighted by atomic mass is 16.6. The first-order valence-corrected chi connectivity index (χ1v) is 5.66. The number of rotatable bonds is 1. The molecular formula is C11H20N2O2. The monoisotopic (exact) mass is 212 g/mol. The van der Waals surface area contributed by atoms with E-state index in [-0.39, 0.29) is 6.09 Å². The molecule has 0 aromatic carbocycles. The molecule has 2 rings (SSSR count). The van der Waals surface area contributed by atoms with Gasteiger partial charge in [-0.05, 0) is 45.6 Å². The van der Waals surface area contributed by atoms with Crippen LogP contribution < -0.4 is 10.6 Å². The summed E-state index contributed by atoms with van der Waals surface area (Å²) < 4.78 is 5.22. The summed E-state index contributed by atoms with van der Waals surface area (Å²) in [6.45, 7) is 7.79. The molecule has 2 aliphatic rings. The Morgan fingerprint density at radius 3 is 2.73 bits per heavy atom. The zero-order valence-corrected chi connectivity index (χ0v) is 9.67. The van der Waals surface area contributed by atoms with Gasteiger partial charge in [0.2, 0.25) is 0 Å². The normalized spacial score (nSPS) is 34.2. The van der Waals surface area contributed by atoms with Gasteiger partial charge in [0.15, 0.2) is 0 Å². The summed E-state index contributed by atoms with van der Waals surface area (Å²) in [7, 11) is 0. The maximum Gasteiger partial charge on any atom is 0.407 e. The molecule has 0 unspecified atom stereocenters. The molecule has 86 valence electrons. The minimum atomic E-state index is -0.402. The molecular weight excluding hydrogens is 192 g/mol. The van der Waals surface area contributed by atoms with Gasteiger partial charge in [-0.3, -0.25) is 0 Å². The number of fused-ring (bicyclic) bond motifs is 1. The molecule has 4 heteroatoms. The lowest BCUT2D eigenvalue weighted by atomic mass is 9.71. The predicted molar refractivity (Wildman–Crippen MR) is 57.6 cm³/mol. The summed E-state index contributed by atoms with van der Waals surface area (Å²) in [4.78, 5) is 11.5. The van der Waals surface area contributed by atoms with Gasteiger partial charge in [-0.1, -0.05) is 0 Å². The van der Waals surface area contributed by atoms with Gasteiger partial charge in [0.25, 0.3) is 0 Å². The van der Waals surface area contributed by atoms with Crippen LogP contribution in [0.15, 0.2) is 0 Å². The number of hydrogen-bond donors (Lipinski definition) is 2. The Balaban J connectivity index is 1.76. The zero-order valence-electron chi connectivity index (χ0n) is 9.67. The third-order valence-electron chi connectivity index (χ3n) is 3.17. The lowest BCUT2D eigenvalue weighted by Gasteiger charge is -2.40. The van der Waals surface area contributed by atoms with Gasteiger partial charge in [-0.15, -0.1) is 0 Å². The van der Waals surface area contributed by atoms with Gasteiger partial charge in [0, 0.05) is 12.6 Å². The van der Waals surface area contributed by atoms with Crippen LogP contribution in [0.4, 0.5) is 4.79 Å². The van der Waals surface area contributed by atoms with Gasteiger partial charge in [-0.25, -0.2) is 4.79 Å². The van der Waals surface area contributed by atoms with Gasteiger partial charge >= 0.3 is 6.09 Å². The fourth-order valence-electron chi connectivity index (χ4n) is 2.41. The Hall–Kier alpha value is -0.770. The molecule has 2 N–H and O–H groups in total. The van der Waals surface area contributed by atoms with Crippen LogP contribution in [0, 0.1) is 11.8 Å². The Morgan fingerprint density at radius 2 is 2.13 bits per heavy atom. The molecule has 1 amide bonds. The number of ether oxygens (including phenoxy) is 1. The van der Waals surface area contributed by atoms with Gasteiger partial charge in [-0.2, -0.15) is 0 Å². The summed E-state index contributed by atoms with van der Waals surface area (Å²) in [6, 6.07) is 0.319. The molecule has 1 saturated heterocycles. The highest BCUT2D eigenvalue weighted by Gasteiger charge is 2.44. The SMILES string of the molecule is CC(C)(C)OC(=O)N[C@@H]1C[C@@H]2CNC[C@@H]21. The number of carbonyl (C=O) groups is 1. The molecule has 0 radical (unpaired) electrons. The second-order valence-electron chi connectivity index (χ2n) is 5.57. The highest BCUT2D eigenvalue weighted by molar-refractivity contribution is 5.68. The predicted octanol–water partition coefficient (Wildman–Crippen LogP) is 1.12. The third-order valence-corrected chi connectivity index (χ3v) is 3.17. The number of alkyl carbamates (subject to hydrolysis) is 1. The second-order valence-corrected chi connectivity index (χ2v) is 5.57. The Labute approximate surface area is 90.8 Å². The van der Waals surface area contributed by atoms with Crippen LogP contribution in [0.5, 0.6) is 0 Å². The Bertz CT molecular complexity index is 260. The smallest absolute Gasteiger partial charge is 0.407 e. The average molecular weight is 212 g/mol. The van der Waals surface area contributed by atoms with Gasteiger partial charge in [0.1, 0.15) is 5.60 Å². The molecule has 1 saturated carbocycles. The van der Waals surface area contributed by atoms with Crippen molar-refractivity contribution < 1.29 is 9.53 Å². The van der Waals surface area contributed by atoms with E-state index in [0.29, 0.717) is 12.0 Å². The van der Waals surface area contributed by atoms with Crippen molar-refractivity contribution in [2.45, 2.75) is 38.8 Å². The summed E-state index contributed by atoms with van der Waals surface area (Å²) in [5, 5.41) is 6.29. The van der Waals surface area contributed by atoms with E-state index in [1.807, 2.05) is 20.8 Å². The van der Waals surface area contributed by atoms with Crippen LogP contribution >= 0.6 is 0 Å².